The van der Waals surface area contributed by atoms with Crippen molar-refractivity contribution in [1.82, 2.24) is 4.90 Å². The molecule has 2 fully saturated rings. The van der Waals surface area contributed by atoms with E-state index in [9.17, 15) is 9.59 Å². The van der Waals surface area contributed by atoms with E-state index in [2.05, 4.69) is 18.9 Å². The van der Waals surface area contributed by atoms with Crippen LogP contribution in [0.2, 0.25) is 0 Å². The average Bonchev–Trinajstić information content (AvgIpc) is 2.83. The molecule has 2 heterocycles. The van der Waals surface area contributed by atoms with Crippen LogP contribution in [-0.2, 0) is 14.3 Å². The van der Waals surface area contributed by atoms with Gasteiger partial charge in [0.2, 0.25) is 0 Å². The second-order valence-corrected chi connectivity index (χ2v) is 7.20. The zero-order valence-electron chi connectivity index (χ0n) is 15.2. The zero-order chi connectivity index (χ0) is 18.0. The first kappa shape index (κ1) is 17.9. The van der Waals surface area contributed by atoms with E-state index in [1.807, 2.05) is 18.2 Å². The van der Waals surface area contributed by atoms with Crippen LogP contribution in [0.25, 0.3) is 0 Å². The van der Waals surface area contributed by atoms with Gasteiger partial charge in [-0.1, -0.05) is 31.5 Å². The van der Waals surface area contributed by atoms with Gasteiger partial charge in [0.25, 0.3) is 0 Å². The molecular formula is C20H27NO4. The first-order valence-electron chi connectivity index (χ1n) is 9.10. The fourth-order valence-corrected chi connectivity index (χ4v) is 4.84. The number of nitrogens with zero attached hydrogens (tertiary/aromatic N) is 1. The van der Waals surface area contributed by atoms with E-state index < -0.39 is 12.0 Å². The van der Waals surface area contributed by atoms with Crippen molar-refractivity contribution in [3.05, 3.63) is 35.9 Å². The molecule has 0 saturated carbocycles. The molecule has 5 heteroatoms. The highest BCUT2D eigenvalue weighted by molar-refractivity contribution is 5.89. The van der Waals surface area contributed by atoms with Crippen LogP contribution in [0.15, 0.2) is 30.3 Å². The number of methoxy groups -OCH3 is 1. The summed E-state index contributed by atoms with van der Waals surface area (Å²) in [6.45, 7) is 2.13. The molecule has 0 aliphatic carbocycles. The molecule has 1 aromatic rings. The number of benzene rings is 1. The van der Waals surface area contributed by atoms with Crippen LogP contribution >= 0.6 is 0 Å². The van der Waals surface area contributed by atoms with Gasteiger partial charge in [-0.05, 0) is 38.4 Å². The highest BCUT2D eigenvalue weighted by Gasteiger charge is 2.60. The number of rotatable bonds is 5. The maximum Gasteiger partial charge on any atom is 0.338 e. The van der Waals surface area contributed by atoms with E-state index in [0.717, 1.165) is 25.7 Å². The summed E-state index contributed by atoms with van der Waals surface area (Å²) >= 11 is 0. The van der Waals surface area contributed by atoms with Gasteiger partial charge in [-0.15, -0.1) is 0 Å². The van der Waals surface area contributed by atoms with Crippen molar-refractivity contribution >= 4 is 11.9 Å². The number of hydrogen-bond acceptors (Lipinski definition) is 5. The Morgan fingerprint density at radius 2 is 2.00 bits per heavy atom. The Morgan fingerprint density at radius 1 is 1.28 bits per heavy atom. The van der Waals surface area contributed by atoms with Crippen molar-refractivity contribution in [3.8, 4) is 0 Å². The lowest BCUT2D eigenvalue weighted by Gasteiger charge is -2.50. The third kappa shape index (κ3) is 3.06. The van der Waals surface area contributed by atoms with Crippen molar-refractivity contribution in [3.63, 3.8) is 0 Å². The van der Waals surface area contributed by atoms with Gasteiger partial charge < -0.3 is 9.47 Å². The average molecular weight is 345 g/mol. The maximum absolute atomic E-state index is 12.7. The lowest BCUT2D eigenvalue weighted by molar-refractivity contribution is -0.164. The fraction of sp³-hybridized carbons (Fsp3) is 0.600. The van der Waals surface area contributed by atoms with Gasteiger partial charge in [-0.3, -0.25) is 9.69 Å². The van der Waals surface area contributed by atoms with E-state index in [0.29, 0.717) is 18.0 Å². The lowest BCUT2D eigenvalue weighted by Crippen LogP contribution is -2.62. The molecule has 2 aliphatic rings. The summed E-state index contributed by atoms with van der Waals surface area (Å²) < 4.78 is 11.0. The smallest absolute Gasteiger partial charge is 0.338 e. The number of carbonyl (C=O) groups is 2. The number of hydrogen-bond donors (Lipinski definition) is 0. The van der Waals surface area contributed by atoms with Crippen LogP contribution < -0.4 is 0 Å². The minimum Gasteiger partial charge on any atom is -0.469 e. The highest BCUT2D eigenvalue weighted by atomic mass is 16.6. The predicted octanol–water partition coefficient (Wildman–Crippen LogP) is 3.04. The Morgan fingerprint density at radius 3 is 2.64 bits per heavy atom. The normalized spacial score (nSPS) is 31.6. The summed E-state index contributed by atoms with van der Waals surface area (Å²) in [6, 6.07) is 9.30. The number of piperidine rings is 1. The van der Waals surface area contributed by atoms with Gasteiger partial charge >= 0.3 is 11.9 Å². The molecule has 136 valence electrons. The second-order valence-electron chi connectivity index (χ2n) is 7.20. The fourth-order valence-electron chi connectivity index (χ4n) is 4.84. The topological polar surface area (TPSA) is 55.8 Å². The maximum atomic E-state index is 12.7. The van der Waals surface area contributed by atoms with E-state index >= 15 is 0 Å². The molecule has 4 atom stereocenters. The molecule has 2 aliphatic heterocycles. The van der Waals surface area contributed by atoms with Gasteiger partial charge in [0.1, 0.15) is 12.0 Å². The Labute approximate surface area is 149 Å². The molecule has 0 aromatic heterocycles. The van der Waals surface area contributed by atoms with Crippen LogP contribution in [0, 0.1) is 5.92 Å². The van der Waals surface area contributed by atoms with E-state index in [1.165, 1.54) is 7.11 Å². The predicted molar refractivity (Wildman–Crippen MR) is 94.2 cm³/mol. The zero-order valence-corrected chi connectivity index (χ0v) is 15.2. The standard InChI is InChI=1S/C20H27NO4/c1-4-11-20-12-10-15(21(20)2)13-16(17(20)19(23)24-3)25-18(22)14-8-6-5-7-9-14/h5-9,15-17H,4,10-13H2,1-3H3/t15-,16-,17+,20+/m0/s1. The van der Waals surface area contributed by atoms with E-state index in [1.54, 1.807) is 12.1 Å². The molecule has 5 nitrogen and oxygen atoms in total. The first-order chi connectivity index (χ1) is 12.0. The van der Waals surface area contributed by atoms with E-state index in [-0.39, 0.29) is 17.5 Å². The van der Waals surface area contributed by atoms with Crippen LogP contribution in [0.1, 0.15) is 49.4 Å². The molecule has 0 amide bonds. The molecule has 2 saturated heterocycles. The van der Waals surface area contributed by atoms with Gasteiger partial charge in [-0.25, -0.2) is 4.79 Å². The Hall–Kier alpha value is -1.88. The van der Waals surface area contributed by atoms with Gasteiger partial charge in [0.15, 0.2) is 0 Å². The molecule has 25 heavy (non-hydrogen) atoms. The van der Waals surface area contributed by atoms with Crippen LogP contribution in [0.3, 0.4) is 0 Å². The van der Waals surface area contributed by atoms with Gasteiger partial charge in [0.05, 0.1) is 12.7 Å². The summed E-state index contributed by atoms with van der Waals surface area (Å²) in [5.74, 6) is -1.07. The third-order valence-corrected chi connectivity index (χ3v) is 6.02. The minimum atomic E-state index is -0.436. The quantitative estimate of drug-likeness (QED) is 0.768. The molecule has 0 unspecified atom stereocenters. The lowest BCUT2D eigenvalue weighted by atomic mass is 9.73. The monoisotopic (exact) mass is 345 g/mol. The molecule has 3 rings (SSSR count). The van der Waals surface area contributed by atoms with Crippen LogP contribution in [0.4, 0.5) is 0 Å². The number of ether oxygens (including phenoxy) is 2. The van der Waals surface area contributed by atoms with E-state index in [4.69, 9.17) is 9.47 Å². The molecule has 2 bridgehead atoms. The summed E-state index contributed by atoms with van der Waals surface area (Å²) in [7, 11) is 3.51. The largest absolute Gasteiger partial charge is 0.469 e. The van der Waals surface area contributed by atoms with Crippen molar-refractivity contribution in [2.75, 3.05) is 14.2 Å². The van der Waals surface area contributed by atoms with Crippen molar-refractivity contribution < 1.29 is 19.1 Å². The Kier molecular flexibility index (Phi) is 5.13. The van der Waals surface area contributed by atoms with Crippen LogP contribution in [0.5, 0.6) is 0 Å². The Bertz CT molecular complexity index is 628. The molecule has 0 radical (unpaired) electrons. The number of fused-ring (bicyclic) bond motifs is 2. The second kappa shape index (κ2) is 7.16. The molecule has 1 aromatic carbocycles. The van der Waals surface area contributed by atoms with Gasteiger partial charge in [-0.2, -0.15) is 0 Å². The van der Waals surface area contributed by atoms with Crippen molar-refractivity contribution in [2.24, 2.45) is 5.92 Å². The van der Waals surface area contributed by atoms with Gasteiger partial charge in [0, 0.05) is 18.0 Å². The molecule has 0 spiro atoms. The molecule has 0 N–H and O–H groups in total. The van der Waals surface area contributed by atoms with Crippen molar-refractivity contribution in [1.29, 1.82) is 0 Å². The van der Waals surface area contributed by atoms with Crippen molar-refractivity contribution in [2.45, 2.75) is 56.7 Å². The third-order valence-electron chi connectivity index (χ3n) is 6.02. The highest BCUT2D eigenvalue weighted by Crippen LogP contribution is 2.50. The Balaban J connectivity index is 1.90. The minimum absolute atomic E-state index is 0.271. The summed E-state index contributed by atoms with van der Waals surface area (Å²) in [6.07, 6.45) is 4.10. The first-order valence-corrected chi connectivity index (χ1v) is 9.10. The van der Waals surface area contributed by atoms with Crippen LogP contribution in [-0.4, -0.2) is 48.7 Å². The number of carbonyl (C=O) groups excluding carboxylic acids is 2. The number of esters is 2. The summed E-state index contributed by atoms with van der Waals surface area (Å²) in [4.78, 5) is 27.6. The summed E-state index contributed by atoms with van der Waals surface area (Å²) in [5.41, 5.74) is 0.244. The molecular weight excluding hydrogens is 318 g/mol. The summed E-state index contributed by atoms with van der Waals surface area (Å²) in [5, 5.41) is 0. The SMILES string of the molecule is CCC[C@@]12CC[C@@H](C[C@H](OC(=O)c3ccccc3)[C@@H]1C(=O)OC)N2C.